The van der Waals surface area contributed by atoms with Crippen molar-refractivity contribution in [1.82, 2.24) is 10.2 Å². The van der Waals surface area contributed by atoms with Crippen LogP contribution in [0.4, 0.5) is 11.4 Å². The number of aliphatic imine (C=N–C) groups is 2. The molecule has 0 fully saturated rings. The van der Waals surface area contributed by atoms with Crippen LogP contribution in [-0.4, -0.2) is 51.7 Å². The fraction of sp³-hybridized carbons (Fsp3) is 0.250. The molecule has 3 aromatic rings. The lowest BCUT2D eigenvalue weighted by molar-refractivity contribution is -0.128. The van der Waals surface area contributed by atoms with Gasteiger partial charge in [-0.15, -0.1) is 11.3 Å². The van der Waals surface area contributed by atoms with E-state index < -0.39 is 11.3 Å². The van der Waals surface area contributed by atoms with Gasteiger partial charge in [0.25, 0.3) is 5.91 Å². The van der Waals surface area contributed by atoms with Gasteiger partial charge in [0.15, 0.2) is 16.7 Å². The molecule has 204 valence electrons. The van der Waals surface area contributed by atoms with Gasteiger partial charge in [0.05, 0.1) is 23.9 Å². The lowest BCUT2D eigenvalue weighted by Crippen LogP contribution is -2.43. The number of para-hydroxylation sites is 1. The second-order valence-electron chi connectivity index (χ2n) is 9.19. The topological polar surface area (TPSA) is 122 Å². The number of hydrogen-bond acceptors (Lipinski definition) is 9. The maximum Gasteiger partial charge on any atom is 0.259 e. The molecule has 0 saturated heterocycles. The summed E-state index contributed by atoms with van der Waals surface area (Å²) < 4.78 is 10.8. The van der Waals surface area contributed by atoms with Gasteiger partial charge in [0.1, 0.15) is 11.9 Å². The van der Waals surface area contributed by atoms with Crippen LogP contribution in [0.3, 0.4) is 0 Å². The van der Waals surface area contributed by atoms with Gasteiger partial charge in [0, 0.05) is 22.2 Å². The summed E-state index contributed by atoms with van der Waals surface area (Å²) in [6.07, 6.45) is 0.414. The van der Waals surface area contributed by atoms with Gasteiger partial charge in [-0.2, -0.15) is 0 Å². The summed E-state index contributed by atoms with van der Waals surface area (Å²) in [4.78, 5) is 51.4. The molecule has 0 saturated carbocycles. The van der Waals surface area contributed by atoms with Crippen molar-refractivity contribution in [3.05, 3.63) is 70.4 Å². The third-order valence-corrected chi connectivity index (χ3v) is 8.71. The minimum absolute atomic E-state index is 0.0773. The van der Waals surface area contributed by atoms with Crippen LogP contribution in [0, 0.1) is 0 Å². The van der Waals surface area contributed by atoms with Crippen LogP contribution in [-0.2, 0) is 20.9 Å². The van der Waals surface area contributed by atoms with E-state index in [4.69, 9.17) is 14.5 Å². The number of carbonyl (C=O) groups is 3. The molecule has 2 N–H and O–H groups in total. The quantitative estimate of drug-likeness (QED) is 0.413. The maximum atomic E-state index is 13.6. The van der Waals surface area contributed by atoms with E-state index in [0.717, 1.165) is 4.88 Å². The molecule has 0 spiro atoms. The predicted molar refractivity (Wildman–Crippen MR) is 154 cm³/mol. The Bertz CT molecular complexity index is 1540. The summed E-state index contributed by atoms with van der Waals surface area (Å²) in [6.45, 7) is 2.45. The van der Waals surface area contributed by atoms with Crippen molar-refractivity contribution in [3.63, 3.8) is 0 Å². The van der Waals surface area contributed by atoms with E-state index >= 15 is 0 Å². The third-order valence-electron chi connectivity index (χ3n) is 6.52. The normalized spacial score (nSPS) is 17.5. The number of carbonyl (C=O) groups excluding carboxylic acids is 3. The first-order valence-corrected chi connectivity index (χ1v) is 14.5. The summed E-state index contributed by atoms with van der Waals surface area (Å²) in [7, 11) is 0. The molecule has 3 aliphatic rings. The molecule has 2 aromatic carbocycles. The molecule has 10 nitrogen and oxygen atoms in total. The highest BCUT2D eigenvalue weighted by atomic mass is 32.2. The highest BCUT2D eigenvalue weighted by Crippen LogP contribution is 2.37. The molecule has 3 amide bonds. The third kappa shape index (κ3) is 5.19. The molecule has 4 heterocycles. The molecule has 0 unspecified atom stereocenters. The summed E-state index contributed by atoms with van der Waals surface area (Å²) >= 11 is 2.75. The average molecular weight is 576 g/mol. The molecular weight excluding hydrogens is 550 g/mol. The van der Waals surface area contributed by atoms with Gasteiger partial charge in [-0.3, -0.25) is 19.4 Å². The second-order valence-corrected chi connectivity index (χ2v) is 11.4. The lowest BCUT2D eigenvalue weighted by Gasteiger charge is -2.27. The van der Waals surface area contributed by atoms with Gasteiger partial charge in [-0.05, 0) is 42.1 Å². The Balaban J connectivity index is 1.19. The number of fused-ring (bicyclic) bond motifs is 4. The number of hydrogen-bond donors (Lipinski definition) is 2. The number of amidine groups is 2. The van der Waals surface area contributed by atoms with Crippen LogP contribution in [0.15, 0.2) is 70.0 Å². The second kappa shape index (κ2) is 11.1. The molecule has 0 aliphatic carbocycles. The van der Waals surface area contributed by atoms with Gasteiger partial charge >= 0.3 is 0 Å². The summed E-state index contributed by atoms with van der Waals surface area (Å²) in [6, 6.07) is 15.6. The minimum Gasteiger partial charge on any atom is -0.454 e. The Morgan fingerprint density at radius 1 is 1.15 bits per heavy atom. The first-order valence-electron chi connectivity index (χ1n) is 12.8. The van der Waals surface area contributed by atoms with Crippen LogP contribution < -0.4 is 20.1 Å². The van der Waals surface area contributed by atoms with E-state index in [0.29, 0.717) is 52.4 Å². The Hall–Kier alpha value is -4.16. The molecule has 1 aromatic heterocycles. The number of nitrogens with zero attached hydrogens (tertiary/aromatic N) is 3. The number of benzene rings is 2. The summed E-state index contributed by atoms with van der Waals surface area (Å²) in [5.74, 6) is 0.810. The van der Waals surface area contributed by atoms with Crippen molar-refractivity contribution < 1.29 is 23.9 Å². The number of amides is 3. The Labute approximate surface area is 238 Å². The fourth-order valence-electron chi connectivity index (χ4n) is 4.51. The Kier molecular flexibility index (Phi) is 7.27. The number of nitrogens with one attached hydrogen (secondary N) is 2. The minimum atomic E-state index is -0.877. The van der Waals surface area contributed by atoms with Crippen LogP contribution in [0.1, 0.15) is 30.2 Å². The number of thiophene rings is 1. The van der Waals surface area contributed by atoms with Crippen LogP contribution in [0.5, 0.6) is 11.5 Å². The van der Waals surface area contributed by atoms with Gasteiger partial charge < -0.3 is 20.1 Å². The Morgan fingerprint density at radius 3 is 2.83 bits per heavy atom. The molecule has 6 rings (SSSR count). The first kappa shape index (κ1) is 26.1. The van der Waals surface area contributed by atoms with E-state index in [1.807, 2.05) is 48.7 Å². The number of ether oxygens (including phenoxy) is 2. The van der Waals surface area contributed by atoms with E-state index in [2.05, 4.69) is 15.6 Å². The zero-order chi connectivity index (χ0) is 27.6. The highest BCUT2D eigenvalue weighted by Gasteiger charge is 2.43. The van der Waals surface area contributed by atoms with Gasteiger partial charge in [0.2, 0.25) is 18.6 Å². The van der Waals surface area contributed by atoms with Crippen molar-refractivity contribution in [2.45, 2.75) is 37.6 Å². The lowest BCUT2D eigenvalue weighted by atomic mass is 10.1. The molecule has 2 atom stereocenters. The van der Waals surface area contributed by atoms with Crippen molar-refractivity contribution in [1.29, 1.82) is 0 Å². The zero-order valence-corrected chi connectivity index (χ0v) is 23.1. The van der Waals surface area contributed by atoms with Crippen molar-refractivity contribution >= 4 is 63.2 Å². The summed E-state index contributed by atoms with van der Waals surface area (Å²) in [5.41, 5.74) is 1.94. The number of rotatable bonds is 8. The van der Waals surface area contributed by atoms with Crippen molar-refractivity contribution in [3.8, 4) is 11.5 Å². The molecule has 3 aliphatic heterocycles. The van der Waals surface area contributed by atoms with E-state index in [1.165, 1.54) is 16.7 Å². The molecule has 40 heavy (non-hydrogen) atoms. The van der Waals surface area contributed by atoms with E-state index in [9.17, 15) is 14.4 Å². The van der Waals surface area contributed by atoms with Gasteiger partial charge in [-0.25, -0.2) is 9.89 Å². The SMILES string of the molecule is CC[C@H](SC1=Nc2ccccc2C2=N[C@H](CC(=O)NCc3cccs3)C(=O)N12)C(=O)Nc1ccc2c(c1)OCO2. The van der Waals surface area contributed by atoms with Crippen molar-refractivity contribution in [2.75, 3.05) is 12.1 Å². The van der Waals surface area contributed by atoms with Crippen molar-refractivity contribution in [2.24, 2.45) is 9.98 Å². The van der Waals surface area contributed by atoms with Crippen LogP contribution in [0.25, 0.3) is 0 Å². The average Bonchev–Trinajstić information content (AvgIpc) is 3.71. The highest BCUT2D eigenvalue weighted by molar-refractivity contribution is 8.15. The van der Waals surface area contributed by atoms with Crippen LogP contribution in [0.2, 0.25) is 0 Å². The van der Waals surface area contributed by atoms with E-state index in [1.54, 1.807) is 29.5 Å². The smallest absolute Gasteiger partial charge is 0.259 e. The Morgan fingerprint density at radius 2 is 2.00 bits per heavy atom. The van der Waals surface area contributed by atoms with E-state index in [-0.39, 0.29) is 30.9 Å². The fourth-order valence-corrected chi connectivity index (χ4v) is 6.17. The molecule has 12 heteroatoms. The molecule has 0 radical (unpaired) electrons. The molecular formula is C28H25N5O5S2. The monoisotopic (exact) mass is 575 g/mol. The maximum absolute atomic E-state index is 13.6. The van der Waals surface area contributed by atoms with Gasteiger partial charge in [-0.1, -0.05) is 36.9 Å². The molecule has 0 bridgehead atoms. The number of anilines is 1. The summed E-state index contributed by atoms with van der Waals surface area (Å²) in [5, 5.41) is 7.55. The van der Waals surface area contributed by atoms with Crippen LogP contribution >= 0.6 is 23.1 Å². The first-order chi connectivity index (χ1) is 19.5. The zero-order valence-electron chi connectivity index (χ0n) is 21.5. The predicted octanol–water partition coefficient (Wildman–Crippen LogP) is 4.29. The standard InChI is InChI=1S/C28H25N5O5S2/c1-2-23(26(35)30-16-9-10-21-22(12-16)38-15-37-21)40-28-32-19-8-4-3-7-18(19)25-31-20(27(36)33(25)28)13-24(34)29-14-17-6-5-11-39-17/h3-12,20,23H,2,13-15H2,1H3,(H,29,34)(H,30,35)/t20-,23+/m1/s1. The largest absolute Gasteiger partial charge is 0.454 e. The number of thioether (sulfide) groups is 1.